The normalized spacial score (nSPS) is 21.9. The van der Waals surface area contributed by atoms with Crippen LogP contribution >= 0.6 is 0 Å². The van der Waals surface area contributed by atoms with Crippen molar-refractivity contribution in [1.29, 1.82) is 0 Å². The van der Waals surface area contributed by atoms with E-state index in [4.69, 9.17) is 5.73 Å². The first-order valence-electron chi connectivity index (χ1n) is 6.07. The third-order valence-corrected chi connectivity index (χ3v) is 3.48. The lowest BCUT2D eigenvalue weighted by Gasteiger charge is -2.28. The van der Waals surface area contributed by atoms with Crippen LogP contribution in [0.4, 0.5) is 5.82 Å². The number of aromatic nitrogens is 1. The molecule has 0 bridgehead atoms. The maximum absolute atomic E-state index is 5.76. The predicted molar refractivity (Wildman–Crippen MR) is 67.2 cm³/mol. The molecular weight excluding hydrogens is 198 g/mol. The number of rotatable bonds is 2. The van der Waals surface area contributed by atoms with Crippen molar-refractivity contribution in [3.8, 4) is 0 Å². The predicted octanol–water partition coefficient (Wildman–Crippen LogP) is 2.52. The second-order valence-electron chi connectivity index (χ2n) is 4.96. The van der Waals surface area contributed by atoms with Crippen LogP contribution in [0.25, 0.3) is 0 Å². The van der Waals surface area contributed by atoms with Crippen molar-refractivity contribution in [1.82, 2.24) is 9.88 Å². The minimum Gasteiger partial charge on any atom is -0.383 e. The average Bonchev–Trinajstić information content (AvgIpc) is 2.71. The van der Waals surface area contributed by atoms with Crippen LogP contribution in [-0.2, 0) is 0 Å². The van der Waals surface area contributed by atoms with Crippen LogP contribution in [0.1, 0.15) is 43.9 Å². The van der Waals surface area contributed by atoms with Gasteiger partial charge in [0.05, 0.1) is 0 Å². The summed E-state index contributed by atoms with van der Waals surface area (Å²) in [5.74, 6) is 0.651. The summed E-state index contributed by atoms with van der Waals surface area (Å²) < 4.78 is 0. The van der Waals surface area contributed by atoms with Crippen LogP contribution in [0, 0.1) is 6.92 Å². The van der Waals surface area contributed by atoms with Crippen LogP contribution in [0.2, 0.25) is 0 Å². The molecule has 88 valence electrons. The molecule has 1 aliphatic rings. The molecule has 16 heavy (non-hydrogen) atoms. The molecule has 3 nitrogen and oxygen atoms in total. The maximum atomic E-state index is 5.76. The van der Waals surface area contributed by atoms with E-state index in [1.165, 1.54) is 24.9 Å². The molecule has 3 heteroatoms. The average molecular weight is 219 g/mol. The van der Waals surface area contributed by atoms with Gasteiger partial charge in [0, 0.05) is 18.3 Å². The number of hydrogen-bond acceptors (Lipinski definition) is 3. The molecule has 0 radical (unpaired) electrons. The molecule has 2 N–H and O–H groups in total. The highest BCUT2D eigenvalue weighted by molar-refractivity contribution is 5.40. The van der Waals surface area contributed by atoms with E-state index in [9.17, 15) is 0 Å². The zero-order chi connectivity index (χ0) is 11.7. The van der Waals surface area contributed by atoms with E-state index in [0.717, 1.165) is 5.56 Å². The van der Waals surface area contributed by atoms with Crippen molar-refractivity contribution >= 4 is 5.82 Å². The second kappa shape index (κ2) is 4.42. The Balaban J connectivity index is 2.26. The monoisotopic (exact) mass is 219 g/mol. The molecule has 2 rings (SSSR count). The Morgan fingerprint density at radius 1 is 1.50 bits per heavy atom. The number of pyridine rings is 1. The lowest BCUT2D eigenvalue weighted by atomic mass is 10.0. The molecule has 1 fully saturated rings. The zero-order valence-corrected chi connectivity index (χ0v) is 10.4. The summed E-state index contributed by atoms with van der Waals surface area (Å²) >= 11 is 0. The Kier molecular flexibility index (Phi) is 3.15. The van der Waals surface area contributed by atoms with E-state index in [1.807, 2.05) is 13.1 Å². The third kappa shape index (κ3) is 2.05. The van der Waals surface area contributed by atoms with Gasteiger partial charge in [0.15, 0.2) is 0 Å². The fourth-order valence-electron chi connectivity index (χ4n) is 2.55. The highest BCUT2D eigenvalue weighted by Crippen LogP contribution is 2.33. The summed E-state index contributed by atoms with van der Waals surface area (Å²) in [6.07, 6.45) is 4.46. The fraction of sp³-hybridized carbons (Fsp3) is 0.615. The lowest BCUT2D eigenvalue weighted by molar-refractivity contribution is 0.205. The SMILES string of the molecule is Cc1cc(C2CCCN2C(C)C)cnc1N. The summed E-state index contributed by atoms with van der Waals surface area (Å²) in [5, 5.41) is 0. The van der Waals surface area contributed by atoms with Crippen molar-refractivity contribution in [2.75, 3.05) is 12.3 Å². The molecule has 1 aromatic rings. The first kappa shape index (κ1) is 11.4. The van der Waals surface area contributed by atoms with Gasteiger partial charge >= 0.3 is 0 Å². The largest absolute Gasteiger partial charge is 0.383 e. The molecule has 1 saturated heterocycles. The number of nitrogens with two attached hydrogens (primary N) is 1. The Bertz CT molecular complexity index is 373. The summed E-state index contributed by atoms with van der Waals surface area (Å²) in [5.41, 5.74) is 8.17. The van der Waals surface area contributed by atoms with E-state index in [1.54, 1.807) is 0 Å². The number of nitrogen functional groups attached to an aromatic ring is 1. The topological polar surface area (TPSA) is 42.2 Å². The summed E-state index contributed by atoms with van der Waals surface area (Å²) in [7, 11) is 0. The van der Waals surface area contributed by atoms with Crippen LogP contribution in [0.3, 0.4) is 0 Å². The number of aryl methyl sites for hydroxylation is 1. The van der Waals surface area contributed by atoms with E-state index in [2.05, 4.69) is 29.8 Å². The van der Waals surface area contributed by atoms with Gasteiger partial charge in [0.2, 0.25) is 0 Å². The van der Waals surface area contributed by atoms with Gasteiger partial charge in [0.1, 0.15) is 5.82 Å². The third-order valence-electron chi connectivity index (χ3n) is 3.48. The highest BCUT2D eigenvalue weighted by Gasteiger charge is 2.28. The van der Waals surface area contributed by atoms with Gasteiger partial charge in [-0.05, 0) is 57.4 Å². The van der Waals surface area contributed by atoms with Gasteiger partial charge in [0.25, 0.3) is 0 Å². The first-order chi connectivity index (χ1) is 7.59. The molecule has 1 atom stereocenters. The Morgan fingerprint density at radius 2 is 2.25 bits per heavy atom. The van der Waals surface area contributed by atoms with E-state index < -0.39 is 0 Å². The van der Waals surface area contributed by atoms with Gasteiger partial charge in [-0.2, -0.15) is 0 Å². The van der Waals surface area contributed by atoms with Gasteiger partial charge in [-0.1, -0.05) is 0 Å². The van der Waals surface area contributed by atoms with E-state index in [0.29, 0.717) is 17.9 Å². The number of anilines is 1. The van der Waals surface area contributed by atoms with Crippen LogP contribution in [0.5, 0.6) is 0 Å². The van der Waals surface area contributed by atoms with Crippen molar-refractivity contribution in [2.45, 2.75) is 45.7 Å². The summed E-state index contributed by atoms with van der Waals surface area (Å²) in [4.78, 5) is 6.82. The molecule has 1 aromatic heterocycles. The minimum atomic E-state index is 0.534. The second-order valence-corrected chi connectivity index (χ2v) is 4.96. The molecule has 2 heterocycles. The Labute approximate surface area is 97.7 Å². The number of hydrogen-bond donors (Lipinski definition) is 1. The van der Waals surface area contributed by atoms with Crippen molar-refractivity contribution in [2.24, 2.45) is 0 Å². The standard InChI is InChI=1S/C13H21N3/c1-9(2)16-6-4-5-12(16)11-7-10(3)13(14)15-8-11/h7-9,12H,4-6H2,1-3H3,(H2,14,15). The fourth-order valence-corrected chi connectivity index (χ4v) is 2.55. The van der Waals surface area contributed by atoms with Crippen molar-refractivity contribution in [3.63, 3.8) is 0 Å². The van der Waals surface area contributed by atoms with E-state index >= 15 is 0 Å². The quantitative estimate of drug-likeness (QED) is 0.831. The summed E-state index contributed by atoms with van der Waals surface area (Å²) in [6.45, 7) is 7.75. The van der Waals surface area contributed by atoms with Gasteiger partial charge < -0.3 is 5.73 Å². The molecular formula is C13H21N3. The zero-order valence-electron chi connectivity index (χ0n) is 10.4. The van der Waals surface area contributed by atoms with Gasteiger partial charge in [-0.15, -0.1) is 0 Å². The lowest BCUT2D eigenvalue weighted by Crippen LogP contribution is -2.30. The first-order valence-corrected chi connectivity index (χ1v) is 6.07. The Hall–Kier alpha value is -1.09. The maximum Gasteiger partial charge on any atom is 0.126 e. The highest BCUT2D eigenvalue weighted by atomic mass is 15.2. The molecule has 1 aliphatic heterocycles. The molecule has 0 aliphatic carbocycles. The molecule has 1 unspecified atom stereocenters. The van der Waals surface area contributed by atoms with Crippen LogP contribution in [0.15, 0.2) is 12.3 Å². The molecule has 0 aromatic carbocycles. The van der Waals surface area contributed by atoms with Gasteiger partial charge in [-0.25, -0.2) is 4.98 Å². The molecule has 0 spiro atoms. The smallest absolute Gasteiger partial charge is 0.126 e. The number of likely N-dealkylation sites (tertiary alicyclic amines) is 1. The van der Waals surface area contributed by atoms with Crippen LogP contribution < -0.4 is 5.73 Å². The summed E-state index contributed by atoms with van der Waals surface area (Å²) in [6, 6.07) is 3.32. The number of nitrogens with zero attached hydrogens (tertiary/aromatic N) is 2. The van der Waals surface area contributed by atoms with E-state index in [-0.39, 0.29) is 0 Å². The van der Waals surface area contributed by atoms with Crippen molar-refractivity contribution < 1.29 is 0 Å². The molecule has 0 amide bonds. The van der Waals surface area contributed by atoms with Gasteiger partial charge in [-0.3, -0.25) is 4.90 Å². The minimum absolute atomic E-state index is 0.534. The molecule has 0 saturated carbocycles. The van der Waals surface area contributed by atoms with Crippen LogP contribution in [-0.4, -0.2) is 22.5 Å². The van der Waals surface area contributed by atoms with Crippen molar-refractivity contribution in [3.05, 3.63) is 23.4 Å². The Morgan fingerprint density at radius 3 is 2.88 bits per heavy atom.